The van der Waals surface area contributed by atoms with Gasteiger partial charge in [0.25, 0.3) is 0 Å². The molecule has 27 heavy (non-hydrogen) atoms. The highest BCUT2D eigenvalue weighted by atomic mass is 35.5. The van der Waals surface area contributed by atoms with E-state index in [0.29, 0.717) is 17.3 Å². The second-order valence-electron chi connectivity index (χ2n) is 5.93. The molecule has 11 heteroatoms. The summed E-state index contributed by atoms with van der Waals surface area (Å²) in [7, 11) is 0. The number of aromatic amines is 1. The van der Waals surface area contributed by atoms with Crippen LogP contribution in [0.5, 0.6) is 0 Å². The first-order valence-corrected chi connectivity index (χ1v) is 8.42. The molecule has 148 valence electrons. The highest BCUT2D eigenvalue weighted by molar-refractivity contribution is 6.30. The van der Waals surface area contributed by atoms with Gasteiger partial charge in [-0.25, -0.2) is 13.8 Å². The lowest BCUT2D eigenvalue weighted by molar-refractivity contribution is -0.350. The maximum Gasteiger partial charge on any atom is 0.418 e. The Bertz CT molecular complexity index is 718. The Labute approximate surface area is 156 Å². The van der Waals surface area contributed by atoms with Crippen LogP contribution in [0, 0.1) is 0 Å². The lowest BCUT2D eigenvalue weighted by Gasteiger charge is -2.21. The summed E-state index contributed by atoms with van der Waals surface area (Å²) < 4.78 is 65.0. The van der Waals surface area contributed by atoms with Gasteiger partial charge in [-0.2, -0.15) is 13.9 Å². The molecule has 1 N–H and O–H groups in total. The number of alkyl halides is 4. The SMILES string of the molecule is FC(F)C(F)(F)OC1COC(CC(Cc2ncn[nH]2)c2ccc(Cl)cc2)O1. The summed E-state index contributed by atoms with van der Waals surface area (Å²) >= 11 is 5.91. The molecule has 0 spiro atoms. The Morgan fingerprint density at radius 3 is 2.67 bits per heavy atom. The topological polar surface area (TPSA) is 69.3 Å². The van der Waals surface area contributed by atoms with E-state index in [-0.39, 0.29) is 18.9 Å². The van der Waals surface area contributed by atoms with Crippen molar-refractivity contribution in [1.82, 2.24) is 15.2 Å². The van der Waals surface area contributed by atoms with Crippen molar-refractivity contribution in [3.8, 4) is 0 Å². The smallest absolute Gasteiger partial charge is 0.347 e. The summed E-state index contributed by atoms with van der Waals surface area (Å²) in [6, 6.07) is 7.07. The minimum Gasteiger partial charge on any atom is -0.347 e. The maximum atomic E-state index is 13.0. The quantitative estimate of drug-likeness (QED) is 0.672. The van der Waals surface area contributed by atoms with Gasteiger partial charge in [-0.3, -0.25) is 9.84 Å². The van der Waals surface area contributed by atoms with Crippen LogP contribution in [0.3, 0.4) is 0 Å². The minimum absolute atomic E-state index is 0.172. The molecule has 3 rings (SSSR count). The Morgan fingerprint density at radius 2 is 2.04 bits per heavy atom. The fourth-order valence-corrected chi connectivity index (χ4v) is 2.84. The zero-order valence-corrected chi connectivity index (χ0v) is 14.6. The van der Waals surface area contributed by atoms with Gasteiger partial charge in [0.05, 0.1) is 0 Å². The molecule has 1 fully saturated rings. The number of H-pyrrole nitrogens is 1. The summed E-state index contributed by atoms with van der Waals surface area (Å²) in [5, 5.41) is 7.10. The lowest BCUT2D eigenvalue weighted by Crippen LogP contribution is -2.36. The van der Waals surface area contributed by atoms with Crippen LogP contribution in [0.2, 0.25) is 5.02 Å². The summed E-state index contributed by atoms with van der Waals surface area (Å²) in [6.45, 7) is -0.372. The van der Waals surface area contributed by atoms with E-state index in [1.807, 2.05) is 12.1 Å². The summed E-state index contributed by atoms with van der Waals surface area (Å²) in [5.74, 6) is 0.444. The van der Waals surface area contributed by atoms with Gasteiger partial charge in [0.2, 0.25) is 0 Å². The van der Waals surface area contributed by atoms with Gasteiger partial charge in [-0.05, 0) is 23.6 Å². The second kappa shape index (κ2) is 8.51. The van der Waals surface area contributed by atoms with Crippen LogP contribution in [0.4, 0.5) is 17.6 Å². The molecule has 1 saturated heterocycles. The van der Waals surface area contributed by atoms with Crippen molar-refractivity contribution in [2.24, 2.45) is 0 Å². The molecule has 1 aromatic heterocycles. The molecule has 0 radical (unpaired) electrons. The predicted molar refractivity (Wildman–Crippen MR) is 85.5 cm³/mol. The number of nitrogens with one attached hydrogen (secondary N) is 1. The van der Waals surface area contributed by atoms with Crippen LogP contribution >= 0.6 is 11.6 Å². The first kappa shape index (κ1) is 20.0. The second-order valence-corrected chi connectivity index (χ2v) is 6.37. The van der Waals surface area contributed by atoms with Crippen molar-refractivity contribution >= 4 is 11.6 Å². The van der Waals surface area contributed by atoms with Gasteiger partial charge in [-0.15, -0.1) is 0 Å². The van der Waals surface area contributed by atoms with Crippen molar-refractivity contribution in [1.29, 1.82) is 0 Å². The summed E-state index contributed by atoms with van der Waals surface area (Å²) in [4.78, 5) is 4.07. The number of aromatic nitrogens is 3. The maximum absolute atomic E-state index is 13.0. The van der Waals surface area contributed by atoms with Crippen molar-refractivity contribution in [3.05, 3.63) is 47.0 Å². The number of benzene rings is 1. The predicted octanol–water partition coefficient (Wildman–Crippen LogP) is 3.75. The van der Waals surface area contributed by atoms with E-state index in [0.717, 1.165) is 5.56 Å². The normalized spacial score (nSPS) is 21.7. The first-order valence-electron chi connectivity index (χ1n) is 8.04. The highest BCUT2D eigenvalue weighted by Gasteiger charge is 2.46. The largest absolute Gasteiger partial charge is 0.418 e. The zero-order chi connectivity index (χ0) is 19.4. The van der Waals surface area contributed by atoms with Gasteiger partial charge in [0, 0.05) is 17.9 Å². The van der Waals surface area contributed by atoms with E-state index in [9.17, 15) is 17.6 Å². The molecule has 1 aliphatic heterocycles. The average Bonchev–Trinajstić information content (AvgIpc) is 3.27. The number of hydrogen-bond acceptors (Lipinski definition) is 5. The van der Waals surface area contributed by atoms with Gasteiger partial charge < -0.3 is 9.47 Å². The summed E-state index contributed by atoms with van der Waals surface area (Å²) in [5.41, 5.74) is 0.894. The molecule has 2 heterocycles. The molecule has 1 aromatic carbocycles. The fraction of sp³-hybridized carbons (Fsp3) is 0.500. The van der Waals surface area contributed by atoms with E-state index < -0.39 is 25.1 Å². The molecule has 0 saturated carbocycles. The van der Waals surface area contributed by atoms with E-state index in [1.54, 1.807) is 12.1 Å². The van der Waals surface area contributed by atoms with Crippen LogP contribution < -0.4 is 0 Å². The number of ether oxygens (including phenoxy) is 3. The van der Waals surface area contributed by atoms with Crippen LogP contribution in [-0.4, -0.2) is 46.9 Å². The van der Waals surface area contributed by atoms with Gasteiger partial charge in [0.15, 0.2) is 12.6 Å². The minimum atomic E-state index is -4.60. The molecule has 0 bridgehead atoms. The third-order valence-electron chi connectivity index (χ3n) is 3.99. The van der Waals surface area contributed by atoms with Crippen molar-refractivity contribution in [2.75, 3.05) is 6.61 Å². The van der Waals surface area contributed by atoms with E-state index in [4.69, 9.17) is 21.1 Å². The molecule has 1 aliphatic rings. The monoisotopic (exact) mass is 409 g/mol. The van der Waals surface area contributed by atoms with E-state index in [2.05, 4.69) is 19.9 Å². The van der Waals surface area contributed by atoms with Gasteiger partial charge in [-0.1, -0.05) is 23.7 Å². The third-order valence-corrected chi connectivity index (χ3v) is 4.24. The van der Waals surface area contributed by atoms with Gasteiger partial charge >= 0.3 is 12.5 Å². The van der Waals surface area contributed by atoms with Crippen LogP contribution in [0.1, 0.15) is 23.7 Å². The number of halogens is 5. The molecule has 2 aromatic rings. The Balaban J connectivity index is 1.65. The zero-order valence-electron chi connectivity index (χ0n) is 13.8. The number of rotatable bonds is 8. The molecule has 0 aliphatic carbocycles. The van der Waals surface area contributed by atoms with E-state index in [1.165, 1.54) is 6.33 Å². The first-order chi connectivity index (χ1) is 12.8. The molecule has 3 unspecified atom stereocenters. The molecule has 6 nitrogen and oxygen atoms in total. The summed E-state index contributed by atoms with van der Waals surface area (Å²) in [6.07, 6.45) is -8.94. The standard InChI is InChI=1S/C16H16ClF4N3O3/c17-11-3-1-9(2-4-11)10(5-12-22-8-23-24-12)6-13-25-7-14(26-13)27-16(20,21)15(18)19/h1-4,8,10,13-15H,5-7H2,(H,22,23,24). The molecular weight excluding hydrogens is 394 g/mol. The van der Waals surface area contributed by atoms with Crippen molar-refractivity contribution < 1.29 is 31.8 Å². The van der Waals surface area contributed by atoms with Crippen molar-refractivity contribution in [2.45, 2.75) is 43.9 Å². The highest BCUT2D eigenvalue weighted by Crippen LogP contribution is 2.32. The van der Waals surface area contributed by atoms with Crippen LogP contribution in [-0.2, 0) is 20.6 Å². The Morgan fingerprint density at radius 1 is 1.30 bits per heavy atom. The van der Waals surface area contributed by atoms with Crippen LogP contribution in [0.25, 0.3) is 0 Å². The lowest BCUT2D eigenvalue weighted by atomic mass is 9.92. The Kier molecular flexibility index (Phi) is 6.30. The van der Waals surface area contributed by atoms with Crippen molar-refractivity contribution in [3.63, 3.8) is 0 Å². The molecule has 3 atom stereocenters. The van der Waals surface area contributed by atoms with Crippen LogP contribution in [0.15, 0.2) is 30.6 Å². The Hall–Kier alpha value is -1.75. The molecule has 0 amide bonds. The number of hydrogen-bond donors (Lipinski definition) is 1. The molecular formula is C16H16ClF4N3O3. The van der Waals surface area contributed by atoms with E-state index >= 15 is 0 Å². The fourth-order valence-electron chi connectivity index (χ4n) is 2.71. The number of nitrogens with zero attached hydrogens (tertiary/aromatic N) is 2. The third kappa shape index (κ3) is 5.38. The van der Waals surface area contributed by atoms with Gasteiger partial charge in [0.1, 0.15) is 18.8 Å². The average molecular weight is 410 g/mol.